The predicted molar refractivity (Wildman–Crippen MR) is 120 cm³/mol. The van der Waals surface area contributed by atoms with Gasteiger partial charge in [-0.15, -0.1) is 0 Å². The molecule has 6 rings (SSSR count). The standard InChI is InChI=1S/C25H19BN2O/c1-16-8-6-12-19-22(16)26-23-17(2)9-7-13-20(23)29-21-14-15-27-25(24(21)26)28(19)18-10-4-3-5-11-18/h3-15H,1-2H3. The van der Waals surface area contributed by atoms with Gasteiger partial charge in [0.05, 0.1) is 0 Å². The average Bonchev–Trinajstić information content (AvgIpc) is 2.74. The van der Waals surface area contributed by atoms with Gasteiger partial charge in [0.1, 0.15) is 17.3 Å². The third-order valence-electron chi connectivity index (χ3n) is 6.07. The number of benzene rings is 3. The summed E-state index contributed by atoms with van der Waals surface area (Å²) in [4.78, 5) is 7.12. The molecule has 0 saturated carbocycles. The molecule has 4 heteroatoms. The van der Waals surface area contributed by atoms with Crippen LogP contribution in [0, 0.1) is 13.8 Å². The number of hydrogen-bond donors (Lipinski definition) is 0. The van der Waals surface area contributed by atoms with Crippen molar-refractivity contribution in [1.29, 1.82) is 0 Å². The van der Waals surface area contributed by atoms with Crippen molar-refractivity contribution in [1.82, 2.24) is 4.98 Å². The molecule has 0 unspecified atom stereocenters. The Morgan fingerprint density at radius 2 is 1.45 bits per heavy atom. The van der Waals surface area contributed by atoms with E-state index in [9.17, 15) is 0 Å². The van der Waals surface area contributed by atoms with Crippen LogP contribution in [0.25, 0.3) is 0 Å². The molecule has 0 fully saturated rings. The molecule has 138 valence electrons. The minimum atomic E-state index is 0.120. The number of fused-ring (bicyclic) bond motifs is 4. The van der Waals surface area contributed by atoms with Crippen molar-refractivity contribution in [3.05, 3.63) is 90.1 Å². The molecule has 3 heterocycles. The third-order valence-corrected chi connectivity index (χ3v) is 6.07. The number of anilines is 3. The molecule has 2 aliphatic rings. The van der Waals surface area contributed by atoms with Gasteiger partial charge in [0.15, 0.2) is 0 Å². The van der Waals surface area contributed by atoms with Crippen LogP contribution in [0.3, 0.4) is 0 Å². The molecule has 0 atom stereocenters. The highest BCUT2D eigenvalue weighted by molar-refractivity contribution is 6.99. The molecular formula is C25H19BN2O. The smallest absolute Gasteiger partial charge is 0.259 e. The molecule has 0 N–H and O–H groups in total. The fraction of sp³-hybridized carbons (Fsp3) is 0.0800. The predicted octanol–water partition coefficient (Wildman–Crippen LogP) is 4.10. The van der Waals surface area contributed by atoms with E-state index in [0.29, 0.717) is 0 Å². The fourth-order valence-electron chi connectivity index (χ4n) is 4.84. The average molecular weight is 374 g/mol. The Hall–Kier alpha value is -3.53. The largest absolute Gasteiger partial charge is 0.458 e. The Morgan fingerprint density at radius 3 is 2.28 bits per heavy atom. The Bertz CT molecular complexity index is 1250. The van der Waals surface area contributed by atoms with Gasteiger partial charge in [-0.25, -0.2) is 4.98 Å². The normalized spacial score (nSPS) is 13.3. The summed E-state index contributed by atoms with van der Waals surface area (Å²) in [5.41, 5.74) is 8.55. The second-order valence-electron chi connectivity index (χ2n) is 7.75. The number of para-hydroxylation sites is 1. The molecule has 3 aromatic carbocycles. The number of rotatable bonds is 1. The van der Waals surface area contributed by atoms with Crippen LogP contribution < -0.4 is 26.0 Å². The minimum Gasteiger partial charge on any atom is -0.458 e. The highest BCUT2D eigenvalue weighted by Crippen LogP contribution is 2.39. The Kier molecular flexibility index (Phi) is 3.39. The van der Waals surface area contributed by atoms with Crippen LogP contribution in [0.1, 0.15) is 11.1 Å². The van der Waals surface area contributed by atoms with Crippen LogP contribution in [0.15, 0.2) is 79.0 Å². The first-order chi connectivity index (χ1) is 14.2. The molecule has 0 radical (unpaired) electrons. The second-order valence-corrected chi connectivity index (χ2v) is 7.75. The second kappa shape index (κ2) is 5.98. The zero-order valence-electron chi connectivity index (χ0n) is 16.4. The SMILES string of the molecule is Cc1cccc2c1B1c3c(C)cccc3N(c3ccccc3)c3nccc(c31)O2. The molecule has 0 spiro atoms. The molecule has 0 amide bonds. The lowest BCUT2D eigenvalue weighted by Crippen LogP contribution is -2.61. The first-order valence-corrected chi connectivity index (χ1v) is 9.95. The highest BCUT2D eigenvalue weighted by Gasteiger charge is 2.43. The van der Waals surface area contributed by atoms with Crippen molar-refractivity contribution in [2.45, 2.75) is 13.8 Å². The van der Waals surface area contributed by atoms with Crippen LogP contribution in [-0.2, 0) is 0 Å². The maximum Gasteiger partial charge on any atom is 0.259 e. The fourth-order valence-corrected chi connectivity index (χ4v) is 4.84. The van der Waals surface area contributed by atoms with E-state index >= 15 is 0 Å². The Morgan fingerprint density at radius 1 is 0.724 bits per heavy atom. The number of nitrogens with zero attached hydrogens (tertiary/aromatic N) is 2. The molecule has 3 nitrogen and oxygen atoms in total. The zero-order valence-corrected chi connectivity index (χ0v) is 16.4. The van der Waals surface area contributed by atoms with Crippen LogP contribution in [-0.4, -0.2) is 11.7 Å². The molecule has 4 aromatic rings. The molecule has 29 heavy (non-hydrogen) atoms. The van der Waals surface area contributed by atoms with E-state index in [4.69, 9.17) is 9.72 Å². The maximum absolute atomic E-state index is 6.38. The van der Waals surface area contributed by atoms with Gasteiger partial charge in [-0.1, -0.05) is 53.6 Å². The van der Waals surface area contributed by atoms with Gasteiger partial charge in [0, 0.05) is 23.0 Å². The van der Waals surface area contributed by atoms with Gasteiger partial charge in [0.25, 0.3) is 6.71 Å². The summed E-state index contributed by atoms with van der Waals surface area (Å²) < 4.78 is 6.38. The van der Waals surface area contributed by atoms with Crippen LogP contribution in [0.5, 0.6) is 11.5 Å². The van der Waals surface area contributed by atoms with Crippen molar-refractivity contribution >= 4 is 40.3 Å². The molecule has 0 saturated heterocycles. The summed E-state index contributed by atoms with van der Waals surface area (Å²) in [5, 5.41) is 0. The van der Waals surface area contributed by atoms with Crippen molar-refractivity contribution in [3.8, 4) is 11.5 Å². The highest BCUT2D eigenvalue weighted by atomic mass is 16.5. The van der Waals surface area contributed by atoms with E-state index in [2.05, 4.69) is 79.4 Å². The zero-order chi connectivity index (χ0) is 19.5. The first kappa shape index (κ1) is 16.4. The van der Waals surface area contributed by atoms with Crippen molar-refractivity contribution < 1.29 is 4.74 Å². The quantitative estimate of drug-likeness (QED) is 0.405. The number of ether oxygens (including phenoxy) is 1. The Labute approximate surface area is 170 Å². The van der Waals surface area contributed by atoms with E-state index in [-0.39, 0.29) is 6.71 Å². The maximum atomic E-state index is 6.38. The lowest BCUT2D eigenvalue weighted by Gasteiger charge is -2.40. The van der Waals surface area contributed by atoms with E-state index < -0.39 is 0 Å². The summed E-state index contributed by atoms with van der Waals surface area (Å²) >= 11 is 0. The topological polar surface area (TPSA) is 25.4 Å². The summed E-state index contributed by atoms with van der Waals surface area (Å²) in [6, 6.07) is 25.3. The van der Waals surface area contributed by atoms with E-state index in [1.807, 2.05) is 18.3 Å². The number of aryl methyl sites for hydroxylation is 2. The molecule has 2 aliphatic heterocycles. The van der Waals surface area contributed by atoms with Crippen LogP contribution in [0.4, 0.5) is 17.2 Å². The van der Waals surface area contributed by atoms with E-state index in [1.54, 1.807) is 0 Å². The Balaban J connectivity index is 1.74. The van der Waals surface area contributed by atoms with Gasteiger partial charge < -0.3 is 4.74 Å². The molecule has 0 aliphatic carbocycles. The number of pyridine rings is 1. The van der Waals surface area contributed by atoms with Gasteiger partial charge in [-0.3, -0.25) is 4.90 Å². The third kappa shape index (κ3) is 2.23. The summed E-state index contributed by atoms with van der Waals surface area (Å²) in [6.45, 7) is 4.50. The van der Waals surface area contributed by atoms with Crippen molar-refractivity contribution in [2.75, 3.05) is 4.90 Å². The number of hydrogen-bond acceptors (Lipinski definition) is 3. The first-order valence-electron chi connectivity index (χ1n) is 9.95. The molecule has 1 aromatic heterocycles. The monoisotopic (exact) mass is 374 g/mol. The summed E-state index contributed by atoms with van der Waals surface area (Å²) in [6.07, 6.45) is 1.85. The summed E-state index contributed by atoms with van der Waals surface area (Å²) in [5.74, 6) is 2.79. The van der Waals surface area contributed by atoms with Gasteiger partial charge in [-0.05, 0) is 55.1 Å². The van der Waals surface area contributed by atoms with Crippen LogP contribution >= 0.6 is 0 Å². The van der Waals surface area contributed by atoms with Gasteiger partial charge in [0.2, 0.25) is 0 Å². The molecular weight excluding hydrogens is 355 g/mol. The number of aromatic nitrogens is 1. The molecule has 0 bridgehead atoms. The van der Waals surface area contributed by atoms with Crippen LogP contribution in [0.2, 0.25) is 0 Å². The van der Waals surface area contributed by atoms with Crippen molar-refractivity contribution in [3.63, 3.8) is 0 Å². The van der Waals surface area contributed by atoms with E-state index in [1.165, 1.54) is 27.7 Å². The lowest BCUT2D eigenvalue weighted by molar-refractivity contribution is 0.486. The lowest BCUT2D eigenvalue weighted by atomic mass is 9.33. The van der Waals surface area contributed by atoms with Gasteiger partial charge >= 0.3 is 0 Å². The van der Waals surface area contributed by atoms with Crippen molar-refractivity contribution in [2.24, 2.45) is 0 Å². The van der Waals surface area contributed by atoms with Gasteiger partial charge in [-0.2, -0.15) is 0 Å². The van der Waals surface area contributed by atoms with E-state index in [0.717, 1.165) is 28.5 Å². The minimum absolute atomic E-state index is 0.120. The summed E-state index contributed by atoms with van der Waals surface area (Å²) in [7, 11) is 0.